The van der Waals surface area contributed by atoms with Gasteiger partial charge in [-0.2, -0.15) is 0 Å². The third-order valence-electron chi connectivity index (χ3n) is 4.86. The maximum absolute atomic E-state index is 13.5. The van der Waals surface area contributed by atoms with Gasteiger partial charge in [0.15, 0.2) is 5.16 Å². The molecule has 152 valence electrons. The topological polar surface area (TPSA) is 59.8 Å². The van der Waals surface area contributed by atoms with Crippen molar-refractivity contribution in [2.75, 3.05) is 5.32 Å². The minimum absolute atomic E-state index is 0.112. The van der Waals surface area contributed by atoms with Gasteiger partial charge in [-0.25, -0.2) is 9.37 Å². The summed E-state index contributed by atoms with van der Waals surface area (Å²) < 4.78 is 15.3. The number of carbonyl (C=O) groups excluding carboxylic acids is 1. The predicted molar refractivity (Wildman–Crippen MR) is 118 cm³/mol. The Balaban J connectivity index is 1.56. The van der Waals surface area contributed by atoms with E-state index in [-0.39, 0.29) is 18.3 Å². The minimum Gasteiger partial charge on any atom is -0.325 e. The fourth-order valence-corrected chi connectivity index (χ4v) is 4.11. The third kappa shape index (κ3) is 4.52. The number of amides is 1. The van der Waals surface area contributed by atoms with Crippen LogP contribution in [0, 0.1) is 19.7 Å². The number of aromatic nitrogens is 3. The number of rotatable bonds is 6. The molecule has 4 aromatic rings. The Hall–Kier alpha value is -3.19. The lowest BCUT2D eigenvalue weighted by atomic mass is 10.1. The molecule has 4 rings (SSSR count). The van der Waals surface area contributed by atoms with Crippen molar-refractivity contribution in [3.8, 4) is 0 Å². The molecular formula is C23H21FN4OS. The van der Waals surface area contributed by atoms with Gasteiger partial charge in [0.1, 0.15) is 12.4 Å². The molecule has 0 radical (unpaired) electrons. The maximum atomic E-state index is 13.5. The van der Waals surface area contributed by atoms with Crippen LogP contribution in [0.15, 0.2) is 66.1 Å². The van der Waals surface area contributed by atoms with Crippen LogP contribution < -0.4 is 5.32 Å². The molecule has 0 aliphatic carbocycles. The average molecular weight is 421 g/mol. The molecule has 5 nitrogen and oxygen atoms in total. The van der Waals surface area contributed by atoms with Gasteiger partial charge in [0.2, 0.25) is 5.91 Å². The molecule has 0 aliphatic heterocycles. The number of nitrogens with one attached hydrogen (secondary N) is 1. The second-order valence-electron chi connectivity index (χ2n) is 7.11. The van der Waals surface area contributed by atoms with Crippen molar-refractivity contribution >= 4 is 34.4 Å². The molecule has 0 saturated carbocycles. The first-order valence-electron chi connectivity index (χ1n) is 9.54. The number of thioether (sulfide) groups is 1. The van der Waals surface area contributed by atoms with Crippen LogP contribution in [0.5, 0.6) is 0 Å². The first kappa shape index (κ1) is 20.1. The first-order valence-corrected chi connectivity index (χ1v) is 10.5. The van der Waals surface area contributed by atoms with E-state index in [4.69, 9.17) is 0 Å². The van der Waals surface area contributed by atoms with E-state index in [2.05, 4.69) is 15.3 Å². The molecule has 0 spiro atoms. The van der Waals surface area contributed by atoms with Gasteiger partial charge in [-0.05, 0) is 60.9 Å². The number of benzene rings is 2. The largest absolute Gasteiger partial charge is 0.325 e. The second kappa shape index (κ2) is 8.67. The maximum Gasteiger partial charge on any atom is 0.244 e. The summed E-state index contributed by atoms with van der Waals surface area (Å²) in [4.78, 5) is 21.6. The van der Waals surface area contributed by atoms with Crippen LogP contribution in [0.1, 0.15) is 16.7 Å². The highest BCUT2D eigenvalue weighted by molar-refractivity contribution is 7.98. The van der Waals surface area contributed by atoms with E-state index in [1.54, 1.807) is 18.5 Å². The number of nitrogens with zero attached hydrogens (tertiary/aromatic N) is 3. The first-order chi connectivity index (χ1) is 14.5. The summed E-state index contributed by atoms with van der Waals surface area (Å²) >= 11 is 1.46. The molecule has 2 aromatic heterocycles. The van der Waals surface area contributed by atoms with Crippen molar-refractivity contribution in [1.82, 2.24) is 14.5 Å². The Morgan fingerprint density at radius 2 is 2.00 bits per heavy atom. The number of fused-ring (bicyclic) bond motifs is 1. The fraction of sp³-hybridized carbons (Fsp3) is 0.174. The van der Waals surface area contributed by atoms with E-state index in [0.717, 1.165) is 27.8 Å². The van der Waals surface area contributed by atoms with Crippen LogP contribution in [0.3, 0.4) is 0 Å². The van der Waals surface area contributed by atoms with E-state index in [9.17, 15) is 9.18 Å². The lowest BCUT2D eigenvalue weighted by Crippen LogP contribution is -2.19. The number of pyridine rings is 1. The number of anilines is 1. The van der Waals surface area contributed by atoms with Gasteiger partial charge in [0.25, 0.3) is 0 Å². The van der Waals surface area contributed by atoms with Gasteiger partial charge in [0.05, 0.1) is 17.2 Å². The van der Waals surface area contributed by atoms with E-state index >= 15 is 0 Å². The summed E-state index contributed by atoms with van der Waals surface area (Å²) in [5.74, 6) is 0.139. The predicted octanol–water partition coefficient (Wildman–Crippen LogP) is 5.12. The highest BCUT2D eigenvalue weighted by Gasteiger charge is 2.15. The SMILES string of the molecule is Cc1ccc(NC(=O)Cn2c(SCc3cccc(F)c3)nc3ccncc32)cc1C. The van der Waals surface area contributed by atoms with E-state index < -0.39 is 0 Å². The summed E-state index contributed by atoms with van der Waals surface area (Å²) in [5, 5.41) is 3.65. The van der Waals surface area contributed by atoms with Crippen molar-refractivity contribution in [2.45, 2.75) is 31.3 Å². The summed E-state index contributed by atoms with van der Waals surface area (Å²) in [6.07, 6.45) is 3.38. The number of hydrogen-bond acceptors (Lipinski definition) is 4. The molecular weight excluding hydrogens is 399 g/mol. The normalized spacial score (nSPS) is 11.0. The Morgan fingerprint density at radius 3 is 2.80 bits per heavy atom. The Morgan fingerprint density at radius 1 is 1.13 bits per heavy atom. The molecule has 0 saturated heterocycles. The highest BCUT2D eigenvalue weighted by atomic mass is 32.2. The quantitative estimate of drug-likeness (QED) is 0.440. The molecule has 1 amide bonds. The van der Waals surface area contributed by atoms with Crippen LogP contribution in [0.25, 0.3) is 11.0 Å². The zero-order valence-electron chi connectivity index (χ0n) is 16.7. The van der Waals surface area contributed by atoms with Crippen LogP contribution in [0.4, 0.5) is 10.1 Å². The molecule has 2 aromatic carbocycles. The minimum atomic E-state index is -0.265. The van der Waals surface area contributed by atoms with Gasteiger partial charge in [-0.1, -0.05) is 30.0 Å². The number of aryl methyl sites for hydroxylation is 2. The fourth-order valence-electron chi connectivity index (χ4n) is 3.15. The van der Waals surface area contributed by atoms with Gasteiger partial charge >= 0.3 is 0 Å². The zero-order valence-corrected chi connectivity index (χ0v) is 17.5. The van der Waals surface area contributed by atoms with Crippen molar-refractivity contribution in [1.29, 1.82) is 0 Å². The molecule has 0 aliphatic rings. The van der Waals surface area contributed by atoms with Gasteiger partial charge in [0, 0.05) is 17.6 Å². The molecule has 2 heterocycles. The smallest absolute Gasteiger partial charge is 0.244 e. The van der Waals surface area contributed by atoms with Crippen molar-refractivity contribution in [3.63, 3.8) is 0 Å². The van der Waals surface area contributed by atoms with Crippen molar-refractivity contribution < 1.29 is 9.18 Å². The van der Waals surface area contributed by atoms with Crippen molar-refractivity contribution in [2.24, 2.45) is 0 Å². The van der Waals surface area contributed by atoms with Crippen LogP contribution in [-0.4, -0.2) is 20.4 Å². The molecule has 7 heteroatoms. The molecule has 0 atom stereocenters. The number of imidazole rings is 1. The molecule has 1 N–H and O–H groups in total. The summed E-state index contributed by atoms with van der Waals surface area (Å²) in [6.45, 7) is 4.16. The third-order valence-corrected chi connectivity index (χ3v) is 5.91. The Labute approximate surface area is 178 Å². The van der Waals surface area contributed by atoms with E-state index in [1.807, 2.05) is 48.7 Å². The van der Waals surface area contributed by atoms with Crippen molar-refractivity contribution in [3.05, 3.63) is 83.4 Å². The van der Waals surface area contributed by atoms with Crippen LogP contribution >= 0.6 is 11.8 Å². The number of halogens is 1. The molecule has 0 bridgehead atoms. The van der Waals surface area contributed by atoms with Gasteiger partial charge < -0.3 is 9.88 Å². The number of hydrogen-bond donors (Lipinski definition) is 1. The lowest BCUT2D eigenvalue weighted by molar-refractivity contribution is -0.116. The van der Waals surface area contributed by atoms with Gasteiger partial charge in [-0.15, -0.1) is 0 Å². The summed E-state index contributed by atoms with van der Waals surface area (Å²) in [5.41, 5.74) is 5.48. The average Bonchev–Trinajstić information content (AvgIpc) is 3.07. The highest BCUT2D eigenvalue weighted by Crippen LogP contribution is 2.27. The Bertz CT molecular complexity index is 1220. The number of carbonyl (C=O) groups is 1. The Kier molecular flexibility index (Phi) is 5.81. The van der Waals surface area contributed by atoms with Crippen LogP contribution in [0.2, 0.25) is 0 Å². The monoisotopic (exact) mass is 420 g/mol. The lowest BCUT2D eigenvalue weighted by Gasteiger charge is -2.11. The zero-order chi connectivity index (χ0) is 21.1. The second-order valence-corrected chi connectivity index (χ2v) is 8.05. The summed E-state index contributed by atoms with van der Waals surface area (Å²) in [6, 6.07) is 14.2. The van der Waals surface area contributed by atoms with Gasteiger partial charge in [-0.3, -0.25) is 9.78 Å². The molecule has 30 heavy (non-hydrogen) atoms. The standard InChI is InChI=1S/C23H21FN4OS/c1-15-6-7-19(10-16(15)2)26-22(29)13-28-21-12-25-9-8-20(21)27-23(28)30-14-17-4-3-5-18(24)11-17/h3-12H,13-14H2,1-2H3,(H,26,29). The molecule has 0 unspecified atom stereocenters. The summed E-state index contributed by atoms with van der Waals surface area (Å²) in [7, 11) is 0. The molecule has 0 fully saturated rings. The van der Waals surface area contributed by atoms with Crippen LogP contribution in [-0.2, 0) is 17.1 Å². The van der Waals surface area contributed by atoms with E-state index in [0.29, 0.717) is 10.9 Å². The van der Waals surface area contributed by atoms with E-state index in [1.165, 1.54) is 29.5 Å².